The molecule has 0 spiro atoms. The van der Waals surface area contributed by atoms with Crippen LogP contribution in [0.5, 0.6) is 0 Å². The second-order valence-corrected chi connectivity index (χ2v) is 7.79. The molecule has 0 aliphatic carbocycles. The Morgan fingerprint density at radius 3 is 2.77 bits per heavy atom. The van der Waals surface area contributed by atoms with E-state index in [2.05, 4.69) is 55.2 Å². The molecule has 1 aliphatic rings. The molecule has 158 valence electrons. The van der Waals surface area contributed by atoms with Crippen molar-refractivity contribution in [1.82, 2.24) is 30.3 Å². The zero-order valence-corrected chi connectivity index (χ0v) is 17.2. The number of hydrogen-bond acceptors (Lipinski definition) is 6. The number of rotatable bonds is 4. The van der Waals surface area contributed by atoms with Gasteiger partial charge in [0.1, 0.15) is 18.0 Å². The maximum Gasteiger partial charge on any atom is 0.272 e. The van der Waals surface area contributed by atoms with Crippen LogP contribution in [0.15, 0.2) is 47.5 Å². The van der Waals surface area contributed by atoms with Crippen molar-refractivity contribution in [2.24, 2.45) is 7.05 Å². The predicted molar refractivity (Wildman–Crippen MR) is 116 cm³/mol. The van der Waals surface area contributed by atoms with E-state index in [4.69, 9.17) is 0 Å². The molecule has 9 heteroatoms. The molecule has 1 aliphatic heterocycles. The smallest absolute Gasteiger partial charge is 0.272 e. The summed E-state index contributed by atoms with van der Waals surface area (Å²) in [6, 6.07) is 11.0. The van der Waals surface area contributed by atoms with Crippen LogP contribution in [0.25, 0.3) is 10.8 Å². The summed E-state index contributed by atoms with van der Waals surface area (Å²) in [7, 11) is 3.75. The van der Waals surface area contributed by atoms with E-state index >= 15 is 0 Å². The van der Waals surface area contributed by atoms with E-state index in [9.17, 15) is 9.18 Å². The number of hydrogen-bond donors (Lipinski definition) is 3. The molecule has 0 amide bonds. The van der Waals surface area contributed by atoms with Gasteiger partial charge in [0, 0.05) is 37.1 Å². The first kappa shape index (κ1) is 19.4. The van der Waals surface area contributed by atoms with Gasteiger partial charge in [-0.3, -0.25) is 9.48 Å². The van der Waals surface area contributed by atoms with Crippen LogP contribution in [0.2, 0.25) is 0 Å². The lowest BCUT2D eigenvalue weighted by Crippen LogP contribution is -2.23. The summed E-state index contributed by atoms with van der Waals surface area (Å²) in [5.41, 5.74) is 3.06. The Bertz CT molecular complexity index is 1310. The summed E-state index contributed by atoms with van der Waals surface area (Å²) in [4.78, 5) is 17.0. The van der Waals surface area contributed by atoms with Gasteiger partial charge in [-0.2, -0.15) is 10.2 Å². The molecular formula is C22H22FN7O. The zero-order chi connectivity index (χ0) is 21.5. The van der Waals surface area contributed by atoms with Crippen molar-refractivity contribution in [2.45, 2.75) is 18.4 Å². The highest BCUT2D eigenvalue weighted by atomic mass is 19.1. The second-order valence-electron chi connectivity index (χ2n) is 7.79. The summed E-state index contributed by atoms with van der Waals surface area (Å²) < 4.78 is 16.0. The van der Waals surface area contributed by atoms with Gasteiger partial charge in [0.2, 0.25) is 0 Å². The van der Waals surface area contributed by atoms with Gasteiger partial charge < -0.3 is 10.6 Å². The van der Waals surface area contributed by atoms with Crippen LogP contribution in [0.3, 0.4) is 0 Å². The minimum absolute atomic E-state index is 0.0661. The molecule has 0 saturated heterocycles. The summed E-state index contributed by atoms with van der Waals surface area (Å²) in [6.07, 6.45) is 1.51. The van der Waals surface area contributed by atoms with Gasteiger partial charge in [-0.05, 0) is 30.3 Å². The Morgan fingerprint density at radius 1 is 1.26 bits per heavy atom. The van der Waals surface area contributed by atoms with Gasteiger partial charge in [0.15, 0.2) is 0 Å². The van der Waals surface area contributed by atoms with Crippen LogP contribution < -0.4 is 16.2 Å². The molecule has 2 atom stereocenters. The second kappa shape index (κ2) is 7.59. The van der Waals surface area contributed by atoms with E-state index in [0.29, 0.717) is 23.3 Å². The highest BCUT2D eigenvalue weighted by Gasteiger charge is 2.36. The van der Waals surface area contributed by atoms with Crippen LogP contribution in [0, 0.1) is 5.82 Å². The zero-order valence-electron chi connectivity index (χ0n) is 17.2. The third kappa shape index (κ3) is 3.27. The molecule has 8 nitrogen and oxygen atoms in total. The number of aromatic amines is 1. The van der Waals surface area contributed by atoms with E-state index in [1.54, 1.807) is 4.68 Å². The van der Waals surface area contributed by atoms with Crippen molar-refractivity contribution < 1.29 is 4.39 Å². The number of benzene rings is 2. The Kier molecular flexibility index (Phi) is 4.74. The van der Waals surface area contributed by atoms with Crippen LogP contribution in [-0.2, 0) is 13.6 Å². The molecule has 0 radical (unpaired) electrons. The summed E-state index contributed by atoms with van der Waals surface area (Å²) in [5, 5.41) is 18.6. The van der Waals surface area contributed by atoms with E-state index in [1.165, 1.54) is 24.0 Å². The average Bonchev–Trinajstić information content (AvgIpc) is 3.11. The Hall–Kier alpha value is -3.59. The summed E-state index contributed by atoms with van der Waals surface area (Å²) in [6.45, 7) is 1.30. The first-order valence-electron chi connectivity index (χ1n) is 10.1. The number of aromatic nitrogens is 5. The predicted octanol–water partition coefficient (Wildman–Crippen LogP) is 2.25. The molecule has 0 bridgehead atoms. The Balaban J connectivity index is 1.74. The van der Waals surface area contributed by atoms with Gasteiger partial charge in [0.05, 0.1) is 17.0 Å². The molecule has 0 fully saturated rings. The van der Waals surface area contributed by atoms with Crippen molar-refractivity contribution in [3.05, 3.63) is 81.5 Å². The Morgan fingerprint density at radius 2 is 2.06 bits per heavy atom. The lowest BCUT2D eigenvalue weighted by Gasteiger charge is -2.25. The van der Waals surface area contributed by atoms with Gasteiger partial charge in [-0.1, -0.05) is 24.3 Å². The number of nitrogens with one attached hydrogen (secondary N) is 3. The van der Waals surface area contributed by atoms with Crippen molar-refractivity contribution in [3.63, 3.8) is 0 Å². The molecule has 3 heterocycles. The van der Waals surface area contributed by atoms with Gasteiger partial charge in [-0.25, -0.2) is 14.5 Å². The van der Waals surface area contributed by atoms with Crippen LogP contribution in [0.4, 0.5) is 10.1 Å². The topological polar surface area (TPSA) is 101 Å². The van der Waals surface area contributed by atoms with Gasteiger partial charge in [0.25, 0.3) is 5.56 Å². The maximum atomic E-state index is 14.3. The highest BCUT2D eigenvalue weighted by molar-refractivity contribution is 5.96. The quantitative estimate of drug-likeness (QED) is 0.469. The van der Waals surface area contributed by atoms with Crippen LogP contribution >= 0.6 is 0 Å². The first-order chi connectivity index (χ1) is 15.1. The highest BCUT2D eigenvalue weighted by Crippen LogP contribution is 2.43. The molecular weight excluding hydrogens is 397 g/mol. The van der Waals surface area contributed by atoms with Crippen molar-refractivity contribution in [1.29, 1.82) is 0 Å². The van der Waals surface area contributed by atoms with E-state index in [0.717, 1.165) is 17.9 Å². The van der Waals surface area contributed by atoms with E-state index < -0.39 is 11.4 Å². The monoisotopic (exact) mass is 419 g/mol. The van der Waals surface area contributed by atoms with Crippen LogP contribution in [-0.4, -0.2) is 38.6 Å². The largest absolute Gasteiger partial charge is 0.384 e. The summed E-state index contributed by atoms with van der Waals surface area (Å²) >= 11 is 0. The lowest BCUT2D eigenvalue weighted by atomic mass is 9.82. The lowest BCUT2D eigenvalue weighted by molar-refractivity contribution is 0.553. The fourth-order valence-electron chi connectivity index (χ4n) is 4.47. The third-order valence-electron chi connectivity index (χ3n) is 5.90. The molecule has 31 heavy (non-hydrogen) atoms. The van der Waals surface area contributed by atoms with Crippen molar-refractivity contribution >= 4 is 16.5 Å². The Labute approximate surface area is 177 Å². The molecule has 3 N–H and O–H groups in total. The first-order valence-corrected chi connectivity index (χ1v) is 10.1. The molecule has 2 aromatic carbocycles. The summed E-state index contributed by atoms with van der Waals surface area (Å²) in [5.74, 6) is -0.100. The van der Waals surface area contributed by atoms with Crippen molar-refractivity contribution in [3.8, 4) is 0 Å². The van der Waals surface area contributed by atoms with Gasteiger partial charge >= 0.3 is 0 Å². The molecule has 0 saturated carbocycles. The van der Waals surface area contributed by atoms with Crippen LogP contribution in [0.1, 0.15) is 34.5 Å². The fraction of sp³-hybridized carbons (Fsp3) is 0.273. The number of H-pyrrole nitrogens is 1. The number of aryl methyl sites for hydroxylation is 1. The average molecular weight is 419 g/mol. The number of anilines is 1. The number of halogens is 1. The number of nitrogens with zero attached hydrogens (tertiary/aromatic N) is 4. The van der Waals surface area contributed by atoms with E-state index in [-0.39, 0.29) is 17.2 Å². The van der Waals surface area contributed by atoms with Gasteiger partial charge in [-0.15, -0.1) is 0 Å². The molecule has 2 unspecified atom stereocenters. The van der Waals surface area contributed by atoms with Crippen molar-refractivity contribution in [2.75, 3.05) is 18.9 Å². The SMILES string of the molecule is CNCc1ccc(C2CNc3cc(F)cc4c(=O)[nH]nc(c34)C2c2ncnn2C)cc1. The third-order valence-corrected chi connectivity index (χ3v) is 5.90. The minimum Gasteiger partial charge on any atom is -0.384 e. The maximum absolute atomic E-state index is 14.3. The standard InChI is InChI=1S/C22H22FN7O/c1-24-9-12-3-5-13(6-4-12)16-10-25-17-8-14(23)7-15-18(17)20(28-29-22(15)31)19(16)21-26-11-27-30(21)2/h3-8,11,16,19,24-25H,9-10H2,1-2H3,(H,29,31). The molecule has 2 aromatic heterocycles. The fourth-order valence-corrected chi connectivity index (χ4v) is 4.47. The molecule has 4 aromatic rings. The van der Waals surface area contributed by atoms with E-state index in [1.807, 2.05) is 14.1 Å². The minimum atomic E-state index is -0.470. The molecule has 5 rings (SSSR count). The normalized spacial score (nSPS) is 18.0.